The molecule has 2 amide bonds. The summed E-state index contributed by atoms with van der Waals surface area (Å²) in [5.74, 6) is -0.764. The summed E-state index contributed by atoms with van der Waals surface area (Å²) in [7, 11) is 3.83. The van der Waals surface area contributed by atoms with Crippen LogP contribution in [0.2, 0.25) is 0 Å². The van der Waals surface area contributed by atoms with Crippen molar-refractivity contribution in [1.82, 2.24) is 19.6 Å². The number of rotatable bonds is 7. The molecule has 0 atom stereocenters. The zero-order valence-electron chi connectivity index (χ0n) is 16.6. The minimum Gasteiger partial charge on any atom is -0.348 e. The maximum absolute atomic E-state index is 12.8. The van der Waals surface area contributed by atoms with E-state index in [-0.39, 0.29) is 23.2 Å². The van der Waals surface area contributed by atoms with Crippen LogP contribution >= 0.6 is 0 Å². The molecule has 8 heteroatoms. The standard InChI is InChI=1S/C21H23N5O3/c1-14(27)15-7-6-8-16(13-15)23-20(28)18-17-9-4-5-11-26(17)19(24-18)21(29)22-10-12-25(2)3/h4-9,11,13H,10,12H2,1-3H3,(H,22,29)(H,23,28). The van der Waals surface area contributed by atoms with Crippen molar-refractivity contribution in [3.8, 4) is 0 Å². The molecule has 29 heavy (non-hydrogen) atoms. The summed E-state index contributed by atoms with van der Waals surface area (Å²) in [6.45, 7) is 2.62. The molecular formula is C21H23N5O3. The lowest BCUT2D eigenvalue weighted by Gasteiger charge is -2.09. The predicted molar refractivity (Wildman–Crippen MR) is 110 cm³/mol. The molecule has 0 unspecified atom stereocenters. The van der Waals surface area contributed by atoms with Gasteiger partial charge in [-0.15, -0.1) is 0 Å². The first-order chi connectivity index (χ1) is 13.9. The third kappa shape index (κ3) is 4.67. The summed E-state index contributed by atoms with van der Waals surface area (Å²) in [6.07, 6.45) is 1.69. The lowest BCUT2D eigenvalue weighted by molar-refractivity contribution is 0.0939. The van der Waals surface area contributed by atoms with Crippen LogP contribution in [0.4, 0.5) is 5.69 Å². The number of fused-ring (bicyclic) bond motifs is 1. The van der Waals surface area contributed by atoms with Crippen LogP contribution in [0.1, 0.15) is 38.4 Å². The number of likely N-dealkylation sites (N-methyl/N-ethyl adjacent to an activating group) is 1. The van der Waals surface area contributed by atoms with Gasteiger partial charge in [0.1, 0.15) is 0 Å². The van der Waals surface area contributed by atoms with Crippen LogP contribution in [0.15, 0.2) is 48.7 Å². The molecule has 150 valence electrons. The van der Waals surface area contributed by atoms with Crippen molar-refractivity contribution >= 4 is 28.8 Å². The SMILES string of the molecule is CC(=O)c1cccc(NC(=O)c2nc(C(=O)NCCN(C)C)n3ccccc23)c1. The Labute approximate surface area is 168 Å². The Bertz CT molecular complexity index is 1070. The molecule has 0 spiro atoms. The van der Waals surface area contributed by atoms with Crippen molar-refractivity contribution in [3.05, 3.63) is 65.7 Å². The van der Waals surface area contributed by atoms with Gasteiger partial charge in [-0.3, -0.25) is 18.8 Å². The van der Waals surface area contributed by atoms with Crippen LogP contribution in [-0.2, 0) is 0 Å². The highest BCUT2D eigenvalue weighted by Crippen LogP contribution is 2.17. The highest BCUT2D eigenvalue weighted by atomic mass is 16.2. The lowest BCUT2D eigenvalue weighted by Crippen LogP contribution is -2.32. The van der Waals surface area contributed by atoms with Gasteiger partial charge in [-0.2, -0.15) is 0 Å². The Morgan fingerprint density at radius 1 is 1.07 bits per heavy atom. The van der Waals surface area contributed by atoms with Crippen molar-refractivity contribution in [1.29, 1.82) is 0 Å². The quantitative estimate of drug-likeness (QED) is 0.599. The van der Waals surface area contributed by atoms with E-state index in [0.29, 0.717) is 29.9 Å². The van der Waals surface area contributed by atoms with Crippen LogP contribution in [0.5, 0.6) is 0 Å². The molecule has 2 N–H and O–H groups in total. The van der Waals surface area contributed by atoms with Crippen molar-refractivity contribution in [2.24, 2.45) is 0 Å². The maximum atomic E-state index is 12.8. The average molecular weight is 393 g/mol. The molecule has 0 aliphatic carbocycles. The number of ketones is 1. The van der Waals surface area contributed by atoms with E-state index in [1.54, 1.807) is 53.1 Å². The van der Waals surface area contributed by atoms with E-state index >= 15 is 0 Å². The zero-order valence-corrected chi connectivity index (χ0v) is 16.6. The Kier molecular flexibility index (Phi) is 6.04. The first-order valence-corrected chi connectivity index (χ1v) is 9.19. The third-order valence-corrected chi connectivity index (χ3v) is 4.34. The van der Waals surface area contributed by atoms with Gasteiger partial charge in [-0.25, -0.2) is 4.98 Å². The summed E-state index contributed by atoms with van der Waals surface area (Å²) in [5.41, 5.74) is 1.64. The first kappa shape index (κ1) is 20.2. The number of benzene rings is 1. The fourth-order valence-corrected chi connectivity index (χ4v) is 2.84. The number of pyridine rings is 1. The smallest absolute Gasteiger partial charge is 0.287 e. The van der Waals surface area contributed by atoms with E-state index in [9.17, 15) is 14.4 Å². The summed E-state index contributed by atoms with van der Waals surface area (Å²) < 4.78 is 1.59. The van der Waals surface area contributed by atoms with Crippen LogP contribution in [0.3, 0.4) is 0 Å². The van der Waals surface area contributed by atoms with Gasteiger partial charge in [-0.1, -0.05) is 18.2 Å². The molecule has 2 aromatic heterocycles. The topological polar surface area (TPSA) is 95.8 Å². The predicted octanol–water partition coefficient (Wildman–Crippen LogP) is 2.08. The van der Waals surface area contributed by atoms with Gasteiger partial charge in [0.2, 0.25) is 5.82 Å². The van der Waals surface area contributed by atoms with Crippen LogP contribution < -0.4 is 10.6 Å². The number of carbonyl (C=O) groups excluding carboxylic acids is 3. The Hall–Kier alpha value is -3.52. The molecule has 8 nitrogen and oxygen atoms in total. The number of carbonyl (C=O) groups is 3. The molecule has 0 aliphatic heterocycles. The molecule has 2 heterocycles. The Balaban J connectivity index is 1.87. The number of Topliss-reactive ketones (excluding diaryl/α,β-unsaturated/α-hetero) is 1. The monoisotopic (exact) mass is 393 g/mol. The van der Waals surface area contributed by atoms with Gasteiger partial charge in [0.25, 0.3) is 11.8 Å². The largest absolute Gasteiger partial charge is 0.348 e. The minimum atomic E-state index is -0.457. The third-order valence-electron chi connectivity index (χ3n) is 4.34. The second-order valence-electron chi connectivity index (χ2n) is 6.89. The fourth-order valence-electron chi connectivity index (χ4n) is 2.84. The molecule has 0 saturated carbocycles. The van der Waals surface area contributed by atoms with Gasteiger partial charge in [-0.05, 0) is 45.3 Å². The van der Waals surface area contributed by atoms with Crippen LogP contribution in [-0.4, -0.2) is 59.1 Å². The molecule has 0 radical (unpaired) electrons. The van der Waals surface area contributed by atoms with Crippen molar-refractivity contribution in [2.45, 2.75) is 6.92 Å². The van der Waals surface area contributed by atoms with E-state index in [1.807, 2.05) is 19.0 Å². The van der Waals surface area contributed by atoms with E-state index < -0.39 is 5.91 Å². The molecular weight excluding hydrogens is 370 g/mol. The molecule has 0 saturated heterocycles. The van der Waals surface area contributed by atoms with Crippen LogP contribution in [0.25, 0.3) is 5.52 Å². The molecule has 3 rings (SSSR count). The molecule has 0 fully saturated rings. The number of hydrogen-bond acceptors (Lipinski definition) is 5. The number of nitrogens with zero attached hydrogens (tertiary/aromatic N) is 3. The normalized spacial score (nSPS) is 10.9. The fraction of sp³-hybridized carbons (Fsp3) is 0.238. The molecule has 1 aromatic carbocycles. The van der Waals surface area contributed by atoms with Crippen molar-refractivity contribution in [3.63, 3.8) is 0 Å². The van der Waals surface area contributed by atoms with Gasteiger partial charge in [0, 0.05) is 30.5 Å². The van der Waals surface area contributed by atoms with Gasteiger partial charge >= 0.3 is 0 Å². The van der Waals surface area contributed by atoms with E-state index in [0.717, 1.165) is 0 Å². The first-order valence-electron chi connectivity index (χ1n) is 9.19. The van der Waals surface area contributed by atoms with Gasteiger partial charge in [0.05, 0.1) is 5.52 Å². The number of nitrogens with one attached hydrogen (secondary N) is 2. The number of anilines is 1. The summed E-state index contributed by atoms with van der Waals surface area (Å²) in [4.78, 5) is 43.2. The maximum Gasteiger partial charge on any atom is 0.287 e. The van der Waals surface area contributed by atoms with E-state index in [1.165, 1.54) is 6.92 Å². The summed E-state index contributed by atoms with van der Waals surface area (Å²) in [6, 6.07) is 11.9. The van der Waals surface area contributed by atoms with E-state index in [4.69, 9.17) is 0 Å². The highest BCUT2D eigenvalue weighted by Gasteiger charge is 2.21. The second kappa shape index (κ2) is 8.66. The number of amides is 2. The second-order valence-corrected chi connectivity index (χ2v) is 6.89. The average Bonchev–Trinajstić information content (AvgIpc) is 3.08. The number of imidazole rings is 1. The molecule has 0 bridgehead atoms. The summed E-state index contributed by atoms with van der Waals surface area (Å²) in [5, 5.41) is 5.56. The Morgan fingerprint density at radius 2 is 1.86 bits per heavy atom. The molecule has 3 aromatic rings. The number of aromatic nitrogens is 2. The van der Waals surface area contributed by atoms with Gasteiger partial charge in [0.15, 0.2) is 11.5 Å². The molecule has 0 aliphatic rings. The van der Waals surface area contributed by atoms with Gasteiger partial charge < -0.3 is 15.5 Å². The van der Waals surface area contributed by atoms with Crippen molar-refractivity contribution < 1.29 is 14.4 Å². The highest BCUT2D eigenvalue weighted by molar-refractivity contribution is 6.09. The summed E-state index contributed by atoms with van der Waals surface area (Å²) >= 11 is 0. The Morgan fingerprint density at radius 3 is 2.59 bits per heavy atom. The lowest BCUT2D eigenvalue weighted by atomic mass is 10.1. The van der Waals surface area contributed by atoms with Crippen molar-refractivity contribution in [2.75, 3.05) is 32.5 Å². The van der Waals surface area contributed by atoms with Crippen LogP contribution in [0, 0.1) is 0 Å². The minimum absolute atomic E-state index is 0.0924. The zero-order chi connectivity index (χ0) is 21.0. The number of hydrogen-bond donors (Lipinski definition) is 2. The van der Waals surface area contributed by atoms with E-state index in [2.05, 4.69) is 15.6 Å².